The summed E-state index contributed by atoms with van der Waals surface area (Å²) in [4.78, 5) is 38.1. The lowest BCUT2D eigenvalue weighted by Gasteiger charge is -2.48. The van der Waals surface area contributed by atoms with Crippen LogP contribution in [0.15, 0.2) is 12.1 Å². The van der Waals surface area contributed by atoms with Crippen molar-refractivity contribution in [3.63, 3.8) is 0 Å². The molecule has 0 bridgehead atoms. The molecule has 0 spiro atoms. The zero-order valence-electron chi connectivity index (χ0n) is 20.9. The predicted molar refractivity (Wildman–Crippen MR) is 127 cm³/mol. The van der Waals surface area contributed by atoms with Crippen molar-refractivity contribution in [1.82, 2.24) is 5.32 Å². The summed E-state index contributed by atoms with van der Waals surface area (Å²) in [5.74, 6) is -2.21. The molecule has 1 aromatic rings. The zero-order chi connectivity index (χ0) is 26.3. The van der Waals surface area contributed by atoms with E-state index >= 15 is 0 Å². The Balaban J connectivity index is 1.67. The van der Waals surface area contributed by atoms with Gasteiger partial charge in [0.15, 0.2) is 17.9 Å². The molecule has 2 heterocycles. The Morgan fingerprint density at radius 3 is 2.34 bits per heavy atom. The number of amides is 2. The van der Waals surface area contributed by atoms with Gasteiger partial charge in [-0.3, -0.25) is 9.69 Å². The highest BCUT2D eigenvalue weighted by atomic mass is 28.4. The van der Waals surface area contributed by atoms with E-state index in [9.17, 15) is 28.3 Å². The van der Waals surface area contributed by atoms with Gasteiger partial charge in [0.2, 0.25) is 5.91 Å². The first-order valence-electron chi connectivity index (χ1n) is 11.5. The van der Waals surface area contributed by atoms with Crippen molar-refractivity contribution in [3.05, 3.63) is 23.8 Å². The Labute approximate surface area is 204 Å². The lowest BCUT2D eigenvalue weighted by atomic mass is 9.93. The van der Waals surface area contributed by atoms with Gasteiger partial charge < -0.3 is 29.3 Å². The maximum atomic E-state index is 15.0. The number of aliphatic hydroxyl groups is 1. The average Bonchev–Trinajstić information content (AvgIpc) is 3.09. The van der Waals surface area contributed by atoms with Gasteiger partial charge in [0.1, 0.15) is 23.3 Å². The first-order valence-corrected chi connectivity index (χ1v) is 14.4. The van der Waals surface area contributed by atoms with Crippen LogP contribution in [0.1, 0.15) is 34.1 Å². The smallest absolute Gasteiger partial charge is 0.414 e. The second-order valence-corrected chi connectivity index (χ2v) is 14.5. The third-order valence-electron chi connectivity index (χ3n) is 5.89. The maximum Gasteiger partial charge on any atom is 0.414 e. The van der Waals surface area contributed by atoms with Crippen LogP contribution in [-0.2, 0) is 18.8 Å². The molecular formula is C23H33F2N3O6Si. The number of aliphatic hydroxyl groups excluding tert-OH is 1. The molecule has 0 radical (unpaired) electrons. The summed E-state index contributed by atoms with van der Waals surface area (Å²) >= 11 is 0. The van der Waals surface area contributed by atoms with Crippen LogP contribution in [0.25, 0.3) is 0 Å². The van der Waals surface area contributed by atoms with E-state index in [4.69, 9.17) is 9.16 Å². The molecule has 0 saturated carbocycles. The molecule has 1 aromatic carbocycles. The minimum Gasteiger partial charge on any atom is -0.442 e. The van der Waals surface area contributed by atoms with Gasteiger partial charge in [-0.25, -0.2) is 13.6 Å². The van der Waals surface area contributed by atoms with Gasteiger partial charge in [0, 0.05) is 25.5 Å². The van der Waals surface area contributed by atoms with Gasteiger partial charge in [0.05, 0.1) is 25.3 Å². The third kappa shape index (κ3) is 6.17. The highest BCUT2D eigenvalue weighted by Gasteiger charge is 2.47. The fourth-order valence-electron chi connectivity index (χ4n) is 4.00. The van der Waals surface area contributed by atoms with E-state index in [-0.39, 0.29) is 42.1 Å². The summed E-state index contributed by atoms with van der Waals surface area (Å²) in [6.07, 6.45) is -3.16. The molecule has 9 nitrogen and oxygen atoms in total. The average molecular weight is 514 g/mol. The van der Waals surface area contributed by atoms with Crippen molar-refractivity contribution < 1.29 is 37.4 Å². The molecular weight excluding hydrogens is 480 g/mol. The number of nitrogens with zero attached hydrogens (tertiary/aromatic N) is 2. The van der Waals surface area contributed by atoms with Crippen LogP contribution in [0.3, 0.4) is 0 Å². The molecule has 35 heavy (non-hydrogen) atoms. The zero-order valence-corrected chi connectivity index (χ0v) is 21.9. The molecule has 2 saturated heterocycles. The molecule has 2 aliphatic rings. The normalized spacial score (nSPS) is 22.7. The van der Waals surface area contributed by atoms with Crippen LogP contribution in [0.4, 0.5) is 25.0 Å². The number of benzene rings is 1. The fraction of sp³-hybridized carbons (Fsp3) is 0.609. The van der Waals surface area contributed by atoms with Crippen LogP contribution in [0, 0.1) is 17.0 Å². The summed E-state index contributed by atoms with van der Waals surface area (Å²) in [5.41, 5.74) is -0.679. The Morgan fingerprint density at radius 2 is 1.83 bits per heavy atom. The lowest BCUT2D eigenvalue weighted by Crippen LogP contribution is -2.65. The van der Waals surface area contributed by atoms with Crippen molar-refractivity contribution >= 4 is 37.1 Å². The molecule has 12 heteroatoms. The van der Waals surface area contributed by atoms with Gasteiger partial charge in [-0.05, 0) is 18.5 Å². The largest absolute Gasteiger partial charge is 0.442 e. The molecule has 0 aliphatic carbocycles. The number of ether oxygens (including phenoxy) is 1. The van der Waals surface area contributed by atoms with Gasteiger partial charge in [-0.15, -0.1) is 0 Å². The summed E-state index contributed by atoms with van der Waals surface area (Å²) in [5, 5.41) is 13.1. The van der Waals surface area contributed by atoms with Crippen molar-refractivity contribution in [2.45, 2.75) is 65.6 Å². The van der Waals surface area contributed by atoms with Crippen LogP contribution in [0.5, 0.6) is 0 Å². The van der Waals surface area contributed by atoms with Crippen LogP contribution >= 0.6 is 0 Å². The standard InChI is InChI=1S/C23H33F2N3O6Si/c1-13(29)26-10-15-11-27(22(32)33-15)14-7-16(24)20(17(25)8-14)28-12-18(21(28)31)34-35(5,6)19(30)9-23(2,3)4/h7-8,15,18,21,31H,9-12H2,1-6H3,(H,26,29)/t15-,18?,21?/m0/s1. The summed E-state index contributed by atoms with van der Waals surface area (Å²) in [6.45, 7) is 10.8. The molecule has 2 amide bonds. The number of cyclic esters (lactones) is 1. The number of carbonyl (C=O) groups excluding carboxylic acids is 3. The second-order valence-electron chi connectivity index (χ2n) is 10.7. The van der Waals surface area contributed by atoms with Crippen LogP contribution < -0.4 is 15.1 Å². The van der Waals surface area contributed by atoms with E-state index in [0.717, 1.165) is 21.9 Å². The van der Waals surface area contributed by atoms with Crippen LogP contribution in [-0.4, -0.2) is 68.9 Å². The van der Waals surface area contributed by atoms with E-state index in [1.165, 1.54) is 6.92 Å². The van der Waals surface area contributed by atoms with Crippen molar-refractivity contribution in [2.75, 3.05) is 29.4 Å². The number of rotatable bonds is 8. The van der Waals surface area contributed by atoms with E-state index in [0.29, 0.717) is 6.42 Å². The van der Waals surface area contributed by atoms with Gasteiger partial charge in [-0.2, -0.15) is 0 Å². The minimum absolute atomic E-state index is 0.00618. The summed E-state index contributed by atoms with van der Waals surface area (Å²) in [7, 11) is -2.80. The number of hydrogen-bond acceptors (Lipinski definition) is 7. The van der Waals surface area contributed by atoms with Gasteiger partial charge >= 0.3 is 6.09 Å². The quantitative estimate of drug-likeness (QED) is 0.515. The summed E-state index contributed by atoms with van der Waals surface area (Å²) in [6, 6.07) is 1.99. The molecule has 3 rings (SSSR count). The van der Waals surface area contributed by atoms with Gasteiger partial charge in [0.25, 0.3) is 8.32 Å². The number of hydrogen-bond donors (Lipinski definition) is 2. The summed E-state index contributed by atoms with van der Waals surface area (Å²) < 4.78 is 41.0. The van der Waals surface area contributed by atoms with E-state index in [1.807, 2.05) is 20.8 Å². The minimum atomic E-state index is -2.80. The molecule has 2 unspecified atom stereocenters. The number of anilines is 2. The molecule has 2 N–H and O–H groups in total. The van der Waals surface area contributed by atoms with Crippen molar-refractivity contribution in [1.29, 1.82) is 0 Å². The van der Waals surface area contributed by atoms with E-state index < -0.39 is 50.2 Å². The lowest BCUT2D eigenvalue weighted by molar-refractivity contribution is -0.119. The Morgan fingerprint density at radius 1 is 1.23 bits per heavy atom. The number of carbonyl (C=O) groups is 3. The number of nitrogens with one attached hydrogen (secondary N) is 1. The molecule has 194 valence electrons. The molecule has 2 fully saturated rings. The first kappa shape index (κ1) is 27.0. The molecule has 0 aromatic heterocycles. The highest BCUT2D eigenvalue weighted by molar-refractivity contribution is 6.99. The Kier molecular flexibility index (Phi) is 7.58. The first-order chi connectivity index (χ1) is 16.1. The Bertz CT molecular complexity index is 992. The monoisotopic (exact) mass is 513 g/mol. The number of halogens is 2. The fourth-order valence-corrected chi connectivity index (χ4v) is 6.04. The highest BCUT2D eigenvalue weighted by Crippen LogP contribution is 2.36. The predicted octanol–water partition coefficient (Wildman–Crippen LogP) is 2.70. The molecule has 2 aliphatic heterocycles. The van der Waals surface area contributed by atoms with E-state index in [2.05, 4.69) is 5.32 Å². The third-order valence-corrected chi connectivity index (χ3v) is 8.30. The second kappa shape index (κ2) is 9.82. The van der Waals surface area contributed by atoms with E-state index in [1.54, 1.807) is 13.1 Å². The van der Waals surface area contributed by atoms with Crippen molar-refractivity contribution in [3.8, 4) is 0 Å². The SMILES string of the molecule is CC(=O)NC[C@H]1CN(c2cc(F)c(N3CC(O[Si](C)(C)C(=O)CC(C)(C)C)C3O)c(F)c2)C(=O)O1. The molecule has 3 atom stereocenters. The Hall–Kier alpha value is -2.57. The topological polar surface area (TPSA) is 108 Å². The van der Waals surface area contributed by atoms with Gasteiger partial charge in [-0.1, -0.05) is 20.8 Å². The van der Waals surface area contributed by atoms with Crippen molar-refractivity contribution in [2.24, 2.45) is 5.41 Å². The maximum absolute atomic E-state index is 15.0. The van der Waals surface area contributed by atoms with Crippen LogP contribution in [0.2, 0.25) is 13.1 Å².